The number of ether oxygens (including phenoxy) is 2. The van der Waals surface area contributed by atoms with Crippen molar-refractivity contribution in [3.8, 4) is 11.8 Å². The molecule has 3 amide bonds. The van der Waals surface area contributed by atoms with Gasteiger partial charge in [0, 0.05) is 57.4 Å². The van der Waals surface area contributed by atoms with E-state index in [-0.39, 0.29) is 79.2 Å². The minimum atomic E-state index is -4.59. The monoisotopic (exact) mass is 923 g/mol. The zero-order valence-corrected chi connectivity index (χ0v) is 35.8. The second kappa shape index (κ2) is 18.7. The topological polar surface area (TPSA) is 166 Å². The van der Waals surface area contributed by atoms with E-state index >= 15 is 4.39 Å². The van der Waals surface area contributed by atoms with Gasteiger partial charge in [0.1, 0.15) is 30.2 Å². The first-order valence-electron chi connectivity index (χ1n) is 21.9. The number of carbonyl (C=O) groups is 3. The summed E-state index contributed by atoms with van der Waals surface area (Å²) in [6, 6.07) is 4.75. The van der Waals surface area contributed by atoms with Crippen LogP contribution in [0, 0.1) is 17.8 Å². The molecule has 0 bridgehead atoms. The lowest BCUT2D eigenvalue weighted by Crippen LogP contribution is -2.54. The highest BCUT2D eigenvalue weighted by Gasteiger charge is 2.46. The Balaban J connectivity index is 0.764. The Bertz CT molecular complexity index is 2680. The number of nitrogens with one attached hydrogen (secondary N) is 2. The van der Waals surface area contributed by atoms with Crippen LogP contribution in [0.5, 0.6) is 0 Å². The van der Waals surface area contributed by atoms with Gasteiger partial charge in [0.25, 0.3) is 12.3 Å². The number of amides is 3. The molecule has 1 aliphatic carbocycles. The van der Waals surface area contributed by atoms with E-state index in [0.29, 0.717) is 50.0 Å². The molecule has 2 N–H and O–H groups in total. The second-order valence-electron chi connectivity index (χ2n) is 17.2. The van der Waals surface area contributed by atoms with Crippen LogP contribution < -0.4 is 15.5 Å². The van der Waals surface area contributed by atoms with E-state index in [1.54, 1.807) is 11.7 Å². The summed E-state index contributed by atoms with van der Waals surface area (Å²) in [5.74, 6) is 4.32. The van der Waals surface area contributed by atoms with E-state index in [2.05, 4.69) is 47.7 Å². The maximum absolute atomic E-state index is 15.5. The minimum absolute atomic E-state index is 0.0260. The molecule has 9 rings (SSSR count). The summed E-state index contributed by atoms with van der Waals surface area (Å²) in [4.78, 5) is 45.2. The SMILES string of the molecule is Cn1nc(C2CCC(=O)NC2=O)c2cccc(C#CCO[C@@H]3CCN(CC4CCC(n5cc(NC(=O)c6cnn7ccc(N8CCOCC8C(F)(F)F)nc67)c(C(F)F)n5)CC4)C[C@@H]3F)c21. The zero-order chi connectivity index (χ0) is 46.3. The van der Waals surface area contributed by atoms with Crippen LogP contribution in [0.15, 0.2) is 42.9 Å². The molecule has 4 aliphatic rings. The Labute approximate surface area is 373 Å². The molecule has 4 fully saturated rings. The molecule has 7 heterocycles. The van der Waals surface area contributed by atoms with Crippen LogP contribution in [0.2, 0.25) is 0 Å². The van der Waals surface area contributed by atoms with Crippen LogP contribution in [-0.2, 0) is 26.1 Å². The van der Waals surface area contributed by atoms with Crippen molar-refractivity contribution in [1.29, 1.82) is 0 Å². The van der Waals surface area contributed by atoms with Crippen molar-refractivity contribution >= 4 is 45.8 Å². The van der Waals surface area contributed by atoms with Crippen molar-refractivity contribution in [1.82, 2.24) is 44.4 Å². The number of carbonyl (C=O) groups excluding carboxylic acids is 3. The Morgan fingerprint density at radius 1 is 1.08 bits per heavy atom. The molecule has 350 valence electrons. The number of likely N-dealkylation sites (tertiary alicyclic amines) is 1. The summed E-state index contributed by atoms with van der Waals surface area (Å²) < 4.78 is 101. The van der Waals surface area contributed by atoms with Gasteiger partial charge >= 0.3 is 6.18 Å². The third kappa shape index (κ3) is 9.33. The predicted octanol–water partition coefficient (Wildman–Crippen LogP) is 5.50. The summed E-state index contributed by atoms with van der Waals surface area (Å²) >= 11 is 0. The predicted molar refractivity (Wildman–Crippen MR) is 226 cm³/mol. The van der Waals surface area contributed by atoms with Gasteiger partial charge in [-0.2, -0.15) is 28.5 Å². The highest BCUT2D eigenvalue weighted by molar-refractivity contribution is 6.08. The molecule has 1 saturated carbocycles. The summed E-state index contributed by atoms with van der Waals surface area (Å²) in [5, 5.41) is 18.5. The molecule has 22 heteroatoms. The Morgan fingerprint density at radius 2 is 1.89 bits per heavy atom. The van der Waals surface area contributed by atoms with Crippen LogP contribution in [-0.4, -0.2) is 127 Å². The molecular weight excluding hydrogens is 877 g/mol. The molecule has 5 aromatic rings. The fraction of sp³-hybridized carbons (Fsp3) is 0.523. The van der Waals surface area contributed by atoms with E-state index < -0.39 is 55.0 Å². The van der Waals surface area contributed by atoms with Gasteiger partial charge in [-0.05, 0) is 56.6 Å². The van der Waals surface area contributed by atoms with Gasteiger partial charge in [0.15, 0.2) is 11.3 Å². The number of hydrogen-bond acceptors (Lipinski definition) is 11. The molecule has 1 aromatic carbocycles. The number of benzene rings is 1. The number of nitrogens with zero attached hydrogens (tertiary/aromatic N) is 9. The first-order chi connectivity index (χ1) is 31.7. The number of para-hydroxylation sites is 1. The Kier molecular flexibility index (Phi) is 12.8. The van der Waals surface area contributed by atoms with Crippen LogP contribution >= 0.6 is 0 Å². The fourth-order valence-electron chi connectivity index (χ4n) is 9.58. The van der Waals surface area contributed by atoms with Gasteiger partial charge < -0.3 is 19.7 Å². The first kappa shape index (κ1) is 45.1. The Hall–Kier alpha value is -6.05. The second-order valence-corrected chi connectivity index (χ2v) is 17.2. The maximum Gasteiger partial charge on any atom is 0.411 e. The third-order valence-corrected chi connectivity index (χ3v) is 12.9. The number of aromatic nitrogens is 7. The highest BCUT2D eigenvalue weighted by atomic mass is 19.4. The third-order valence-electron chi connectivity index (χ3n) is 12.9. The number of aryl methyl sites for hydroxylation is 1. The van der Waals surface area contributed by atoms with E-state index in [0.717, 1.165) is 28.6 Å². The fourth-order valence-corrected chi connectivity index (χ4v) is 9.58. The van der Waals surface area contributed by atoms with E-state index in [1.807, 2.05) is 18.2 Å². The number of hydrogen-bond donors (Lipinski definition) is 2. The number of halogens is 6. The van der Waals surface area contributed by atoms with Gasteiger partial charge in [-0.15, -0.1) is 0 Å². The van der Waals surface area contributed by atoms with Crippen molar-refractivity contribution in [3.63, 3.8) is 0 Å². The molecule has 0 radical (unpaired) electrons. The summed E-state index contributed by atoms with van der Waals surface area (Å²) in [6.45, 7) is 0.942. The maximum atomic E-state index is 15.5. The average Bonchev–Trinajstić information content (AvgIpc) is 4.01. The molecule has 3 saturated heterocycles. The van der Waals surface area contributed by atoms with E-state index in [4.69, 9.17) is 9.47 Å². The normalized spacial score (nSPS) is 24.5. The van der Waals surface area contributed by atoms with Gasteiger partial charge in [-0.25, -0.2) is 22.7 Å². The summed E-state index contributed by atoms with van der Waals surface area (Å²) in [7, 11) is 1.77. The smallest absolute Gasteiger partial charge is 0.377 e. The summed E-state index contributed by atoms with van der Waals surface area (Å²) in [5.41, 5.74) is 1.04. The van der Waals surface area contributed by atoms with Crippen molar-refractivity contribution in [3.05, 3.63) is 65.4 Å². The van der Waals surface area contributed by atoms with E-state index in [9.17, 15) is 36.3 Å². The van der Waals surface area contributed by atoms with Crippen LogP contribution in [0.25, 0.3) is 16.6 Å². The van der Waals surface area contributed by atoms with Crippen LogP contribution in [0.3, 0.4) is 0 Å². The van der Waals surface area contributed by atoms with Crippen molar-refractivity contribution in [2.24, 2.45) is 13.0 Å². The van der Waals surface area contributed by atoms with Crippen molar-refractivity contribution in [2.75, 3.05) is 56.2 Å². The average molecular weight is 924 g/mol. The molecule has 4 atom stereocenters. The van der Waals surface area contributed by atoms with Gasteiger partial charge in [-0.1, -0.05) is 24.0 Å². The number of imide groups is 1. The van der Waals surface area contributed by atoms with Crippen LogP contribution in [0.4, 0.5) is 37.8 Å². The lowest BCUT2D eigenvalue weighted by Gasteiger charge is -2.38. The van der Waals surface area contributed by atoms with Crippen molar-refractivity contribution < 1.29 is 50.2 Å². The molecule has 0 spiro atoms. The van der Waals surface area contributed by atoms with E-state index in [1.165, 1.54) is 33.9 Å². The van der Waals surface area contributed by atoms with Gasteiger partial charge in [0.05, 0.1) is 59.9 Å². The zero-order valence-electron chi connectivity index (χ0n) is 35.8. The van der Waals surface area contributed by atoms with Gasteiger partial charge in [0.2, 0.25) is 11.8 Å². The standard InChI is InChI=1S/C44H47F6N11O5/c1-57-39-26(4-2-6-28(39)37(55-57)29-11-12-36(62)54-42(29)63)5-3-18-66-33-13-15-58(22-31(33)45)21-25-7-9-27(10-8-25)61-23-32(38(56-61)40(46)47)52-43(64)30-20-51-60-16-14-35(53-41(30)60)59-17-19-65-24-34(59)44(48,49)50/h2,4,6,14,16,20,23,25,27,29,31,33-34,40H,7-13,15,17-19,21-22,24H2,1H3,(H,52,64)(H,54,62,63)/t25?,27?,29?,31-,33+,34?/m0/s1. The number of fused-ring (bicyclic) bond motifs is 2. The molecule has 16 nitrogen and oxygen atoms in total. The molecule has 2 unspecified atom stereocenters. The minimum Gasteiger partial charge on any atom is -0.377 e. The number of alkyl halides is 6. The molecular formula is C44H47F6N11O5. The number of anilines is 2. The molecule has 4 aromatic heterocycles. The molecule has 3 aliphatic heterocycles. The largest absolute Gasteiger partial charge is 0.411 e. The number of rotatable bonds is 10. The number of piperidine rings is 2. The molecule has 66 heavy (non-hydrogen) atoms. The van der Waals surface area contributed by atoms with Gasteiger partial charge in [-0.3, -0.25) is 34.0 Å². The highest BCUT2D eigenvalue weighted by Crippen LogP contribution is 2.37. The Morgan fingerprint density at radius 3 is 2.65 bits per heavy atom. The summed E-state index contributed by atoms with van der Waals surface area (Å²) in [6.07, 6.45) is -1.63. The van der Waals surface area contributed by atoms with Crippen LogP contribution in [0.1, 0.15) is 90.6 Å². The quantitative estimate of drug-likeness (QED) is 0.103. The lowest BCUT2D eigenvalue weighted by molar-refractivity contribution is -0.167. The van der Waals surface area contributed by atoms with Crippen molar-refractivity contribution in [2.45, 2.75) is 87.8 Å². The first-order valence-corrected chi connectivity index (χ1v) is 21.9. The lowest BCUT2D eigenvalue weighted by atomic mass is 9.85. The number of morpholine rings is 1.